The van der Waals surface area contributed by atoms with Gasteiger partial charge in [-0.05, 0) is 56.7 Å². The summed E-state index contributed by atoms with van der Waals surface area (Å²) < 4.78 is 27.8. The lowest BCUT2D eigenvalue weighted by Crippen LogP contribution is -2.44. The highest BCUT2D eigenvalue weighted by molar-refractivity contribution is 7.89. The number of carbonyl (C=O) groups excluding carboxylic acids is 1. The predicted molar refractivity (Wildman–Crippen MR) is 118 cm³/mol. The van der Waals surface area contributed by atoms with E-state index in [0.29, 0.717) is 30.8 Å². The van der Waals surface area contributed by atoms with Crippen molar-refractivity contribution in [2.75, 3.05) is 19.6 Å². The highest BCUT2D eigenvalue weighted by Gasteiger charge is 2.37. The van der Waals surface area contributed by atoms with Crippen LogP contribution in [-0.4, -0.2) is 43.2 Å². The van der Waals surface area contributed by atoms with Crippen LogP contribution in [0.3, 0.4) is 0 Å². The lowest BCUT2D eigenvalue weighted by atomic mass is 9.95. The molecule has 1 amide bonds. The van der Waals surface area contributed by atoms with Crippen LogP contribution in [0.4, 0.5) is 0 Å². The van der Waals surface area contributed by atoms with E-state index >= 15 is 0 Å². The molecule has 0 N–H and O–H groups in total. The molecule has 2 heterocycles. The summed E-state index contributed by atoms with van der Waals surface area (Å²) in [6.45, 7) is 5.39. The summed E-state index contributed by atoms with van der Waals surface area (Å²) in [5, 5.41) is 0. The second-order valence-electron chi connectivity index (χ2n) is 8.55. The van der Waals surface area contributed by atoms with E-state index < -0.39 is 10.0 Å². The van der Waals surface area contributed by atoms with E-state index in [1.54, 1.807) is 10.4 Å². The second kappa shape index (κ2) is 8.52. The van der Waals surface area contributed by atoms with Gasteiger partial charge in [0, 0.05) is 25.6 Å². The molecule has 2 aromatic rings. The Kier molecular flexibility index (Phi) is 5.98. The maximum absolute atomic E-state index is 13.3. The summed E-state index contributed by atoms with van der Waals surface area (Å²) in [5.74, 6) is 0.0878. The van der Waals surface area contributed by atoms with Crippen molar-refractivity contribution in [2.45, 2.75) is 50.5 Å². The Labute approximate surface area is 179 Å². The number of benzene rings is 2. The van der Waals surface area contributed by atoms with Crippen LogP contribution >= 0.6 is 0 Å². The van der Waals surface area contributed by atoms with Gasteiger partial charge in [0.05, 0.1) is 10.9 Å². The van der Waals surface area contributed by atoms with Gasteiger partial charge < -0.3 is 4.90 Å². The van der Waals surface area contributed by atoms with Gasteiger partial charge in [-0.1, -0.05) is 48.0 Å². The molecule has 30 heavy (non-hydrogen) atoms. The maximum Gasteiger partial charge on any atom is 0.243 e. The lowest BCUT2D eigenvalue weighted by Gasteiger charge is -2.34. The first kappa shape index (κ1) is 21.1. The van der Waals surface area contributed by atoms with Crippen LogP contribution in [0.15, 0.2) is 53.4 Å². The van der Waals surface area contributed by atoms with E-state index in [4.69, 9.17) is 0 Å². The van der Waals surface area contributed by atoms with Crippen LogP contribution in [0.2, 0.25) is 0 Å². The van der Waals surface area contributed by atoms with E-state index in [9.17, 15) is 13.2 Å². The van der Waals surface area contributed by atoms with Gasteiger partial charge in [-0.2, -0.15) is 4.31 Å². The van der Waals surface area contributed by atoms with Crippen molar-refractivity contribution in [3.05, 3.63) is 65.2 Å². The normalized spacial score (nSPS) is 21.1. The average molecular weight is 427 g/mol. The number of amides is 1. The number of sulfonamides is 1. The monoisotopic (exact) mass is 426 g/mol. The first-order valence-corrected chi connectivity index (χ1v) is 12.2. The van der Waals surface area contributed by atoms with E-state index in [0.717, 1.165) is 30.5 Å². The summed E-state index contributed by atoms with van der Waals surface area (Å²) >= 11 is 0. The summed E-state index contributed by atoms with van der Waals surface area (Å²) in [6.07, 6.45) is 3.18. The third-order valence-corrected chi connectivity index (χ3v) is 8.53. The van der Waals surface area contributed by atoms with Crippen molar-refractivity contribution < 1.29 is 13.2 Å². The highest BCUT2D eigenvalue weighted by Crippen LogP contribution is 2.35. The molecule has 1 unspecified atom stereocenters. The molecule has 2 aliphatic heterocycles. The predicted octanol–water partition coefficient (Wildman–Crippen LogP) is 4.07. The van der Waals surface area contributed by atoms with Crippen LogP contribution in [-0.2, 0) is 14.8 Å². The van der Waals surface area contributed by atoms with E-state index in [1.165, 1.54) is 5.56 Å². The molecule has 0 bridgehead atoms. The van der Waals surface area contributed by atoms with Crippen LogP contribution in [0.1, 0.15) is 48.4 Å². The summed E-state index contributed by atoms with van der Waals surface area (Å²) in [5.41, 5.74) is 3.02. The van der Waals surface area contributed by atoms with E-state index in [1.807, 2.05) is 49.1 Å². The zero-order valence-corrected chi connectivity index (χ0v) is 18.6. The van der Waals surface area contributed by atoms with Crippen molar-refractivity contribution >= 4 is 15.9 Å². The molecular formula is C24H30N2O3S. The van der Waals surface area contributed by atoms with E-state index in [2.05, 4.69) is 12.1 Å². The smallest absolute Gasteiger partial charge is 0.243 e. The number of aryl methyl sites for hydroxylation is 2. The zero-order valence-electron chi connectivity index (χ0n) is 17.8. The third-order valence-electron chi connectivity index (χ3n) is 6.47. The largest absolute Gasteiger partial charge is 0.335 e. The molecule has 6 heteroatoms. The van der Waals surface area contributed by atoms with Crippen molar-refractivity contribution in [3.63, 3.8) is 0 Å². The minimum atomic E-state index is -3.52. The Morgan fingerprint density at radius 2 is 1.63 bits per heavy atom. The highest BCUT2D eigenvalue weighted by atomic mass is 32.2. The standard InChI is InChI=1S/C24H30N2O3S/c1-18-10-11-23(19(2)17-18)30(28,29)25-15-12-21(13-16-25)24(27)26-14-6-9-22(26)20-7-4-3-5-8-20/h3-5,7-8,10-11,17,21-22H,6,9,12-16H2,1-2H3. The Morgan fingerprint density at radius 1 is 0.933 bits per heavy atom. The SMILES string of the molecule is Cc1ccc(S(=O)(=O)N2CCC(C(=O)N3CCCC3c3ccccc3)CC2)c(C)c1. The Hall–Kier alpha value is -2.18. The molecule has 5 nitrogen and oxygen atoms in total. The average Bonchev–Trinajstić information content (AvgIpc) is 3.23. The number of hydrogen-bond acceptors (Lipinski definition) is 3. The van der Waals surface area contributed by atoms with Crippen LogP contribution in [0.25, 0.3) is 0 Å². The number of rotatable bonds is 4. The lowest BCUT2D eigenvalue weighted by molar-refractivity contribution is -0.137. The van der Waals surface area contributed by atoms with Crippen LogP contribution < -0.4 is 0 Å². The Morgan fingerprint density at radius 3 is 2.30 bits per heavy atom. The molecule has 0 spiro atoms. The van der Waals surface area contributed by atoms with Crippen LogP contribution in [0, 0.1) is 19.8 Å². The molecule has 2 aromatic carbocycles. The quantitative estimate of drug-likeness (QED) is 0.741. The molecular weight excluding hydrogens is 396 g/mol. The topological polar surface area (TPSA) is 57.7 Å². The molecule has 160 valence electrons. The number of hydrogen-bond donors (Lipinski definition) is 0. The number of piperidine rings is 1. The van der Waals surface area contributed by atoms with E-state index in [-0.39, 0.29) is 17.9 Å². The maximum atomic E-state index is 13.3. The van der Waals surface area contributed by atoms with Crippen molar-refractivity contribution in [3.8, 4) is 0 Å². The fourth-order valence-corrected chi connectivity index (χ4v) is 6.53. The first-order chi connectivity index (χ1) is 14.4. The van der Waals surface area contributed by atoms with Gasteiger partial charge in [-0.15, -0.1) is 0 Å². The molecule has 0 saturated carbocycles. The van der Waals surface area contributed by atoms with Gasteiger partial charge in [0.2, 0.25) is 15.9 Å². The van der Waals surface area contributed by atoms with Crippen molar-refractivity contribution in [1.82, 2.24) is 9.21 Å². The van der Waals surface area contributed by atoms with Gasteiger partial charge >= 0.3 is 0 Å². The van der Waals surface area contributed by atoms with Gasteiger partial charge in [-0.3, -0.25) is 4.79 Å². The summed E-state index contributed by atoms with van der Waals surface area (Å²) in [4.78, 5) is 15.7. The van der Waals surface area contributed by atoms with Crippen LogP contribution in [0.5, 0.6) is 0 Å². The van der Waals surface area contributed by atoms with Gasteiger partial charge in [0.25, 0.3) is 0 Å². The van der Waals surface area contributed by atoms with Gasteiger partial charge in [0.15, 0.2) is 0 Å². The van der Waals surface area contributed by atoms with Crippen molar-refractivity contribution in [2.24, 2.45) is 5.92 Å². The number of nitrogens with zero attached hydrogens (tertiary/aromatic N) is 2. The molecule has 2 fully saturated rings. The first-order valence-electron chi connectivity index (χ1n) is 10.8. The summed E-state index contributed by atoms with van der Waals surface area (Å²) in [6, 6.07) is 15.8. The molecule has 0 aromatic heterocycles. The molecule has 0 radical (unpaired) electrons. The minimum Gasteiger partial charge on any atom is -0.335 e. The van der Waals surface area contributed by atoms with Crippen molar-refractivity contribution in [1.29, 1.82) is 0 Å². The zero-order chi connectivity index (χ0) is 21.3. The molecule has 2 saturated heterocycles. The fourth-order valence-electron chi connectivity index (χ4n) is 4.86. The number of carbonyl (C=O) groups is 1. The molecule has 0 aliphatic carbocycles. The molecule has 2 aliphatic rings. The van der Waals surface area contributed by atoms with Gasteiger partial charge in [0.1, 0.15) is 0 Å². The Balaban J connectivity index is 1.43. The molecule has 4 rings (SSSR count). The minimum absolute atomic E-state index is 0.0973. The fraction of sp³-hybridized carbons (Fsp3) is 0.458. The molecule has 1 atom stereocenters. The van der Waals surface area contributed by atoms with Gasteiger partial charge in [-0.25, -0.2) is 8.42 Å². The second-order valence-corrected chi connectivity index (χ2v) is 10.5. The Bertz CT molecular complexity index is 1010. The third kappa shape index (κ3) is 4.03. The summed E-state index contributed by atoms with van der Waals surface area (Å²) in [7, 11) is -3.52. The number of likely N-dealkylation sites (tertiary alicyclic amines) is 1.